The molecule has 0 amide bonds. The summed E-state index contributed by atoms with van der Waals surface area (Å²) in [5, 5.41) is 9.44. The number of hydrogen-bond donors (Lipinski definition) is 2. The smallest absolute Gasteiger partial charge is 0.115 e. The predicted octanol–water partition coefficient (Wildman–Crippen LogP) is 3.12. The highest BCUT2D eigenvalue weighted by Gasteiger charge is 2.07. The van der Waals surface area contributed by atoms with E-state index in [0.29, 0.717) is 5.75 Å². The molecule has 3 N–H and O–H groups in total. The number of nitrogens with two attached hydrogens (primary N) is 1. The summed E-state index contributed by atoms with van der Waals surface area (Å²) >= 11 is 0. The second kappa shape index (κ2) is 5.89. The van der Waals surface area contributed by atoms with Crippen LogP contribution in [0.25, 0.3) is 0 Å². The SMILES string of the molecule is Cc1ccc(CC(N)Cc2cccc(O)c2)cc1C. The van der Waals surface area contributed by atoms with Crippen molar-refractivity contribution < 1.29 is 5.11 Å². The van der Waals surface area contributed by atoms with E-state index in [1.165, 1.54) is 16.7 Å². The molecule has 0 heterocycles. The third kappa shape index (κ3) is 3.83. The maximum Gasteiger partial charge on any atom is 0.115 e. The van der Waals surface area contributed by atoms with Crippen LogP contribution in [-0.4, -0.2) is 11.1 Å². The van der Waals surface area contributed by atoms with E-state index in [1.807, 2.05) is 12.1 Å². The number of aromatic hydroxyl groups is 1. The summed E-state index contributed by atoms with van der Waals surface area (Å²) in [5.74, 6) is 0.302. The molecule has 0 spiro atoms. The third-order valence-electron chi connectivity index (χ3n) is 3.48. The van der Waals surface area contributed by atoms with Crippen LogP contribution < -0.4 is 5.73 Å². The minimum absolute atomic E-state index is 0.0731. The Morgan fingerprint density at radius 1 is 0.947 bits per heavy atom. The van der Waals surface area contributed by atoms with Crippen LogP contribution in [0.4, 0.5) is 0 Å². The van der Waals surface area contributed by atoms with Crippen molar-refractivity contribution in [3.63, 3.8) is 0 Å². The molecule has 0 saturated heterocycles. The summed E-state index contributed by atoms with van der Waals surface area (Å²) in [6, 6.07) is 13.9. The molecule has 100 valence electrons. The molecule has 2 aromatic carbocycles. The van der Waals surface area contributed by atoms with Crippen LogP contribution >= 0.6 is 0 Å². The second-order valence-electron chi connectivity index (χ2n) is 5.26. The Labute approximate surface area is 114 Å². The number of aryl methyl sites for hydroxylation is 2. The molecular weight excluding hydrogens is 234 g/mol. The van der Waals surface area contributed by atoms with Crippen molar-refractivity contribution in [2.75, 3.05) is 0 Å². The highest BCUT2D eigenvalue weighted by atomic mass is 16.3. The van der Waals surface area contributed by atoms with Gasteiger partial charge in [0.05, 0.1) is 0 Å². The zero-order chi connectivity index (χ0) is 13.8. The first-order chi connectivity index (χ1) is 9.04. The fraction of sp³-hybridized carbons (Fsp3) is 0.294. The molecule has 0 saturated carbocycles. The van der Waals surface area contributed by atoms with Crippen molar-refractivity contribution in [2.24, 2.45) is 5.73 Å². The lowest BCUT2D eigenvalue weighted by molar-refractivity contribution is 0.474. The molecule has 0 aliphatic rings. The summed E-state index contributed by atoms with van der Waals surface area (Å²) in [4.78, 5) is 0. The van der Waals surface area contributed by atoms with E-state index in [2.05, 4.69) is 32.0 Å². The van der Waals surface area contributed by atoms with E-state index in [9.17, 15) is 5.11 Å². The lowest BCUT2D eigenvalue weighted by atomic mass is 9.97. The second-order valence-corrected chi connectivity index (χ2v) is 5.26. The number of hydrogen-bond acceptors (Lipinski definition) is 2. The maximum atomic E-state index is 9.44. The van der Waals surface area contributed by atoms with Gasteiger partial charge in [-0.1, -0.05) is 30.3 Å². The average Bonchev–Trinajstić information content (AvgIpc) is 2.34. The summed E-state index contributed by atoms with van der Waals surface area (Å²) in [6.45, 7) is 4.24. The van der Waals surface area contributed by atoms with Crippen LogP contribution in [0.15, 0.2) is 42.5 Å². The molecule has 0 bridgehead atoms. The van der Waals surface area contributed by atoms with E-state index >= 15 is 0 Å². The lowest BCUT2D eigenvalue weighted by Crippen LogP contribution is -2.25. The van der Waals surface area contributed by atoms with Crippen molar-refractivity contribution in [3.05, 3.63) is 64.7 Å². The maximum absolute atomic E-state index is 9.44. The Balaban J connectivity index is 2.01. The van der Waals surface area contributed by atoms with Crippen LogP contribution in [0.2, 0.25) is 0 Å². The first-order valence-electron chi connectivity index (χ1n) is 6.64. The molecule has 2 nitrogen and oxygen atoms in total. The average molecular weight is 255 g/mol. The van der Waals surface area contributed by atoms with Crippen LogP contribution in [-0.2, 0) is 12.8 Å². The molecule has 0 aliphatic carbocycles. The van der Waals surface area contributed by atoms with Crippen LogP contribution in [0.3, 0.4) is 0 Å². The highest BCUT2D eigenvalue weighted by molar-refractivity contribution is 5.31. The molecule has 2 heteroatoms. The van der Waals surface area contributed by atoms with Gasteiger partial charge in [-0.3, -0.25) is 0 Å². The zero-order valence-corrected chi connectivity index (χ0v) is 11.6. The monoisotopic (exact) mass is 255 g/mol. The highest BCUT2D eigenvalue weighted by Crippen LogP contribution is 2.15. The molecule has 1 unspecified atom stereocenters. The van der Waals surface area contributed by atoms with Crippen LogP contribution in [0.5, 0.6) is 5.75 Å². The van der Waals surface area contributed by atoms with Gasteiger partial charge in [-0.25, -0.2) is 0 Å². The van der Waals surface area contributed by atoms with Crippen molar-refractivity contribution >= 4 is 0 Å². The minimum atomic E-state index is 0.0731. The summed E-state index contributed by atoms with van der Waals surface area (Å²) in [6.07, 6.45) is 1.64. The lowest BCUT2D eigenvalue weighted by Gasteiger charge is -2.13. The molecule has 2 aromatic rings. The van der Waals surface area contributed by atoms with Gasteiger partial charge in [0.2, 0.25) is 0 Å². The van der Waals surface area contributed by atoms with Crippen LogP contribution in [0.1, 0.15) is 22.3 Å². The van der Waals surface area contributed by atoms with E-state index in [0.717, 1.165) is 18.4 Å². The van der Waals surface area contributed by atoms with Crippen LogP contribution in [0, 0.1) is 13.8 Å². The van der Waals surface area contributed by atoms with E-state index in [1.54, 1.807) is 12.1 Å². The molecule has 19 heavy (non-hydrogen) atoms. The largest absolute Gasteiger partial charge is 0.508 e. The summed E-state index contributed by atoms with van der Waals surface area (Å²) in [5.41, 5.74) is 11.2. The number of phenolic OH excluding ortho intramolecular Hbond substituents is 1. The number of benzene rings is 2. The van der Waals surface area contributed by atoms with E-state index in [-0.39, 0.29) is 6.04 Å². The molecule has 0 aliphatic heterocycles. The van der Waals surface area contributed by atoms with Gasteiger partial charge in [0.25, 0.3) is 0 Å². The Kier molecular flexibility index (Phi) is 4.23. The Bertz CT molecular complexity index is 563. The van der Waals surface area contributed by atoms with Gasteiger partial charge in [0, 0.05) is 6.04 Å². The fourth-order valence-corrected chi connectivity index (χ4v) is 2.29. The number of phenols is 1. The van der Waals surface area contributed by atoms with E-state index < -0.39 is 0 Å². The van der Waals surface area contributed by atoms with Gasteiger partial charge in [0.15, 0.2) is 0 Å². The third-order valence-corrected chi connectivity index (χ3v) is 3.48. The summed E-state index contributed by atoms with van der Waals surface area (Å²) < 4.78 is 0. The van der Waals surface area contributed by atoms with Crippen molar-refractivity contribution in [1.82, 2.24) is 0 Å². The summed E-state index contributed by atoms with van der Waals surface area (Å²) in [7, 11) is 0. The molecule has 0 radical (unpaired) electrons. The van der Waals surface area contributed by atoms with Gasteiger partial charge in [-0.05, 0) is 61.1 Å². The quantitative estimate of drug-likeness (QED) is 0.881. The van der Waals surface area contributed by atoms with Crippen molar-refractivity contribution in [1.29, 1.82) is 0 Å². The van der Waals surface area contributed by atoms with Gasteiger partial charge >= 0.3 is 0 Å². The van der Waals surface area contributed by atoms with Gasteiger partial charge < -0.3 is 10.8 Å². The van der Waals surface area contributed by atoms with Crippen molar-refractivity contribution in [2.45, 2.75) is 32.7 Å². The molecule has 0 fully saturated rings. The number of rotatable bonds is 4. The topological polar surface area (TPSA) is 46.2 Å². The van der Waals surface area contributed by atoms with Crippen molar-refractivity contribution in [3.8, 4) is 5.75 Å². The van der Waals surface area contributed by atoms with Gasteiger partial charge in [0.1, 0.15) is 5.75 Å². The Morgan fingerprint density at radius 3 is 2.26 bits per heavy atom. The van der Waals surface area contributed by atoms with Gasteiger partial charge in [-0.15, -0.1) is 0 Å². The Hall–Kier alpha value is -1.80. The first kappa shape index (κ1) is 13.6. The Morgan fingerprint density at radius 2 is 1.63 bits per heavy atom. The fourth-order valence-electron chi connectivity index (χ4n) is 2.29. The first-order valence-corrected chi connectivity index (χ1v) is 6.64. The molecule has 1 atom stereocenters. The standard InChI is InChI=1S/C17H21NO/c1-12-6-7-15(8-13(12)2)10-16(18)9-14-4-3-5-17(19)11-14/h3-8,11,16,19H,9-10,18H2,1-2H3. The molecule has 2 rings (SSSR count). The zero-order valence-electron chi connectivity index (χ0n) is 11.6. The molecule has 0 aromatic heterocycles. The minimum Gasteiger partial charge on any atom is -0.508 e. The normalized spacial score (nSPS) is 12.4. The van der Waals surface area contributed by atoms with E-state index in [4.69, 9.17) is 5.73 Å². The molecular formula is C17H21NO. The van der Waals surface area contributed by atoms with Gasteiger partial charge in [-0.2, -0.15) is 0 Å². The predicted molar refractivity (Wildman–Crippen MR) is 79.4 cm³/mol.